The van der Waals surface area contributed by atoms with Gasteiger partial charge in [0.25, 0.3) is 0 Å². The molecule has 1 saturated heterocycles. The molecule has 0 spiro atoms. The number of nitrogens with zero attached hydrogens (tertiary/aromatic N) is 1. The zero-order chi connectivity index (χ0) is 15.5. The van der Waals surface area contributed by atoms with Crippen LogP contribution in [0.3, 0.4) is 0 Å². The van der Waals surface area contributed by atoms with Crippen molar-refractivity contribution in [1.82, 2.24) is 9.62 Å². The molecule has 1 heterocycles. The fraction of sp³-hybridized carbons (Fsp3) is 0.571. The standard InChI is InChI=1S/C14H20Br2N2O2S/c1-11(18-7-3-2-4-8-18)10-17-21(19,20)14-9-12(15)5-6-13(14)16/h5-6,9,11,17H,2-4,7-8,10H2,1H3. The fourth-order valence-electron chi connectivity index (χ4n) is 2.48. The Morgan fingerprint density at radius 3 is 2.57 bits per heavy atom. The van der Waals surface area contributed by atoms with E-state index in [1.807, 2.05) is 0 Å². The van der Waals surface area contributed by atoms with Gasteiger partial charge < -0.3 is 0 Å². The summed E-state index contributed by atoms with van der Waals surface area (Å²) in [7, 11) is -3.50. The van der Waals surface area contributed by atoms with Crippen LogP contribution >= 0.6 is 31.9 Å². The van der Waals surface area contributed by atoms with Gasteiger partial charge in [0.2, 0.25) is 10.0 Å². The van der Waals surface area contributed by atoms with Crippen molar-refractivity contribution in [2.24, 2.45) is 0 Å². The smallest absolute Gasteiger partial charge is 0.241 e. The van der Waals surface area contributed by atoms with E-state index in [9.17, 15) is 8.42 Å². The Bertz CT molecular complexity index is 587. The summed E-state index contributed by atoms with van der Waals surface area (Å²) in [6, 6.07) is 5.36. The summed E-state index contributed by atoms with van der Waals surface area (Å²) in [6.07, 6.45) is 3.68. The van der Waals surface area contributed by atoms with Crippen molar-refractivity contribution in [1.29, 1.82) is 0 Å². The first kappa shape index (κ1) is 17.4. The molecule has 1 fully saturated rings. The van der Waals surface area contributed by atoms with Gasteiger partial charge in [0.15, 0.2) is 0 Å². The summed E-state index contributed by atoms with van der Waals surface area (Å²) in [6.45, 7) is 4.62. The fourth-order valence-corrected chi connectivity index (χ4v) is 5.10. The van der Waals surface area contributed by atoms with Crippen LogP contribution in [-0.4, -0.2) is 39.0 Å². The lowest BCUT2D eigenvalue weighted by Gasteiger charge is -2.32. The maximum absolute atomic E-state index is 12.4. The molecule has 0 aromatic heterocycles. The van der Waals surface area contributed by atoms with Crippen molar-refractivity contribution < 1.29 is 8.42 Å². The van der Waals surface area contributed by atoms with Gasteiger partial charge in [-0.25, -0.2) is 13.1 Å². The monoisotopic (exact) mass is 438 g/mol. The van der Waals surface area contributed by atoms with Crippen LogP contribution in [0.2, 0.25) is 0 Å². The van der Waals surface area contributed by atoms with Crippen molar-refractivity contribution >= 4 is 41.9 Å². The molecule has 1 unspecified atom stereocenters. The Morgan fingerprint density at radius 2 is 1.90 bits per heavy atom. The Labute approximate surface area is 143 Å². The van der Waals surface area contributed by atoms with E-state index < -0.39 is 10.0 Å². The molecule has 0 aliphatic carbocycles. The van der Waals surface area contributed by atoms with E-state index >= 15 is 0 Å². The number of halogens is 2. The minimum absolute atomic E-state index is 0.214. The largest absolute Gasteiger partial charge is 0.299 e. The maximum Gasteiger partial charge on any atom is 0.241 e. The molecular formula is C14H20Br2N2O2S. The van der Waals surface area contributed by atoms with Crippen LogP contribution < -0.4 is 4.72 Å². The molecule has 1 aliphatic rings. The first-order valence-electron chi connectivity index (χ1n) is 7.09. The van der Waals surface area contributed by atoms with Crippen molar-refractivity contribution in [3.05, 3.63) is 27.1 Å². The zero-order valence-electron chi connectivity index (χ0n) is 12.0. The van der Waals surface area contributed by atoms with E-state index in [4.69, 9.17) is 0 Å². The van der Waals surface area contributed by atoms with E-state index in [1.165, 1.54) is 19.3 Å². The molecule has 0 saturated carbocycles. The van der Waals surface area contributed by atoms with E-state index in [-0.39, 0.29) is 10.9 Å². The second-order valence-corrected chi connectivity index (χ2v) is 8.88. The quantitative estimate of drug-likeness (QED) is 0.765. The van der Waals surface area contributed by atoms with Crippen molar-refractivity contribution in [2.45, 2.75) is 37.1 Å². The predicted molar refractivity (Wildman–Crippen MR) is 91.9 cm³/mol. The number of hydrogen-bond donors (Lipinski definition) is 1. The number of likely N-dealkylation sites (tertiary alicyclic amines) is 1. The Balaban J connectivity index is 2.02. The lowest BCUT2D eigenvalue weighted by Crippen LogP contribution is -2.44. The predicted octanol–water partition coefficient (Wildman–Crippen LogP) is 3.36. The molecule has 1 N–H and O–H groups in total. The van der Waals surface area contributed by atoms with Crippen LogP contribution in [0.4, 0.5) is 0 Å². The summed E-state index contributed by atoms with van der Waals surface area (Å²) >= 11 is 6.61. The van der Waals surface area contributed by atoms with Gasteiger partial charge in [-0.15, -0.1) is 0 Å². The van der Waals surface area contributed by atoms with Crippen LogP contribution in [0, 0.1) is 0 Å². The van der Waals surface area contributed by atoms with Crippen LogP contribution in [0.15, 0.2) is 32.0 Å². The summed E-state index contributed by atoms with van der Waals surface area (Å²) in [5.41, 5.74) is 0. The zero-order valence-corrected chi connectivity index (χ0v) is 16.0. The van der Waals surface area contributed by atoms with E-state index in [0.717, 1.165) is 17.6 Å². The summed E-state index contributed by atoms with van der Waals surface area (Å²) in [5.74, 6) is 0. The molecule has 0 amide bonds. The highest BCUT2D eigenvalue weighted by Crippen LogP contribution is 2.25. The molecule has 118 valence electrons. The highest BCUT2D eigenvalue weighted by molar-refractivity contribution is 9.11. The van der Waals surface area contributed by atoms with Crippen LogP contribution in [0.1, 0.15) is 26.2 Å². The molecule has 21 heavy (non-hydrogen) atoms. The van der Waals surface area contributed by atoms with Gasteiger partial charge in [0, 0.05) is 21.5 Å². The Kier molecular flexibility index (Phi) is 6.25. The van der Waals surface area contributed by atoms with Gasteiger partial charge >= 0.3 is 0 Å². The normalized spacial score (nSPS) is 18.6. The summed E-state index contributed by atoms with van der Waals surface area (Å²) in [4.78, 5) is 2.62. The Hall–Kier alpha value is 0.0500. The SMILES string of the molecule is CC(CNS(=O)(=O)c1cc(Br)ccc1Br)N1CCCCC1. The molecule has 1 aliphatic heterocycles. The third-order valence-corrected chi connectivity index (χ3v) is 6.68. The average Bonchev–Trinajstić information content (AvgIpc) is 2.48. The highest BCUT2D eigenvalue weighted by Gasteiger charge is 2.21. The highest BCUT2D eigenvalue weighted by atomic mass is 79.9. The number of benzene rings is 1. The lowest BCUT2D eigenvalue weighted by atomic mass is 10.1. The van der Waals surface area contributed by atoms with Crippen molar-refractivity contribution in [3.63, 3.8) is 0 Å². The van der Waals surface area contributed by atoms with Gasteiger partial charge in [-0.05, 0) is 67.0 Å². The second-order valence-electron chi connectivity index (χ2n) is 5.37. The van der Waals surface area contributed by atoms with E-state index in [0.29, 0.717) is 11.0 Å². The van der Waals surface area contributed by atoms with Gasteiger partial charge in [-0.1, -0.05) is 22.4 Å². The molecule has 0 bridgehead atoms. The molecule has 7 heteroatoms. The third kappa shape index (κ3) is 4.76. The number of rotatable bonds is 5. The van der Waals surface area contributed by atoms with Crippen LogP contribution in [0.25, 0.3) is 0 Å². The third-order valence-electron chi connectivity index (χ3n) is 3.77. The lowest BCUT2D eigenvalue weighted by molar-refractivity contribution is 0.175. The van der Waals surface area contributed by atoms with Crippen LogP contribution in [0.5, 0.6) is 0 Å². The molecule has 1 atom stereocenters. The topological polar surface area (TPSA) is 49.4 Å². The van der Waals surface area contributed by atoms with Gasteiger partial charge in [0.1, 0.15) is 0 Å². The first-order chi connectivity index (χ1) is 9.90. The number of nitrogens with one attached hydrogen (secondary N) is 1. The minimum Gasteiger partial charge on any atom is -0.299 e. The maximum atomic E-state index is 12.4. The number of piperidine rings is 1. The Morgan fingerprint density at radius 1 is 1.24 bits per heavy atom. The second kappa shape index (κ2) is 7.55. The summed E-state index contributed by atoms with van der Waals surface area (Å²) < 4.78 is 28.9. The molecule has 2 rings (SSSR count). The van der Waals surface area contributed by atoms with Gasteiger partial charge in [-0.3, -0.25) is 4.90 Å². The molecule has 1 aromatic carbocycles. The van der Waals surface area contributed by atoms with E-state index in [1.54, 1.807) is 18.2 Å². The van der Waals surface area contributed by atoms with Crippen molar-refractivity contribution in [2.75, 3.05) is 19.6 Å². The molecule has 0 radical (unpaired) electrons. The van der Waals surface area contributed by atoms with Crippen LogP contribution in [-0.2, 0) is 10.0 Å². The molecule has 1 aromatic rings. The molecule has 4 nitrogen and oxygen atoms in total. The van der Waals surface area contributed by atoms with Gasteiger partial charge in [0.05, 0.1) is 4.90 Å². The summed E-state index contributed by atoms with van der Waals surface area (Å²) in [5, 5.41) is 0. The van der Waals surface area contributed by atoms with E-state index in [2.05, 4.69) is 48.4 Å². The average molecular weight is 440 g/mol. The number of hydrogen-bond acceptors (Lipinski definition) is 3. The van der Waals surface area contributed by atoms with Gasteiger partial charge in [-0.2, -0.15) is 0 Å². The number of sulfonamides is 1. The van der Waals surface area contributed by atoms with Crippen molar-refractivity contribution in [3.8, 4) is 0 Å². The first-order valence-corrected chi connectivity index (χ1v) is 10.2. The minimum atomic E-state index is -3.50. The molecular weight excluding hydrogens is 420 g/mol.